The van der Waals surface area contributed by atoms with E-state index in [-0.39, 0.29) is 11.3 Å². The van der Waals surface area contributed by atoms with Crippen LogP contribution in [0.15, 0.2) is 78.9 Å². The van der Waals surface area contributed by atoms with Gasteiger partial charge in [-0.25, -0.2) is 0 Å². The van der Waals surface area contributed by atoms with Gasteiger partial charge >= 0.3 is 0 Å². The zero-order valence-electron chi connectivity index (χ0n) is 20.6. The third-order valence-electron chi connectivity index (χ3n) is 7.16. The molecule has 0 aromatic heterocycles. The van der Waals surface area contributed by atoms with Gasteiger partial charge in [0.2, 0.25) is 5.91 Å². The van der Waals surface area contributed by atoms with E-state index in [1.165, 1.54) is 11.3 Å². The predicted octanol–water partition coefficient (Wildman–Crippen LogP) is 5.69. The number of hydrogen-bond donors (Lipinski definition) is 1. The second-order valence-corrected chi connectivity index (χ2v) is 9.61. The first-order chi connectivity index (χ1) is 16.9. The molecule has 1 amide bonds. The molecule has 1 atom stereocenters. The van der Waals surface area contributed by atoms with Crippen molar-refractivity contribution in [1.29, 1.82) is 0 Å². The SMILES string of the molecule is CCOc1cc(/C=C/[C@]23NC(=O)CCN2c2ccccc2C3(C)C)ccc1OCc1ccccc1. The number of nitrogens with one attached hydrogen (secondary N) is 1. The average Bonchev–Trinajstić information content (AvgIpc) is 3.06. The summed E-state index contributed by atoms with van der Waals surface area (Å²) in [6, 6.07) is 24.5. The highest BCUT2D eigenvalue weighted by Gasteiger charge is 2.57. The molecule has 2 aliphatic heterocycles. The van der Waals surface area contributed by atoms with E-state index in [9.17, 15) is 4.79 Å². The fourth-order valence-electron chi connectivity index (χ4n) is 5.29. The van der Waals surface area contributed by atoms with E-state index in [4.69, 9.17) is 9.47 Å². The summed E-state index contributed by atoms with van der Waals surface area (Å²) in [4.78, 5) is 15.0. The fraction of sp³-hybridized carbons (Fsp3) is 0.300. The van der Waals surface area contributed by atoms with Gasteiger partial charge in [-0.1, -0.05) is 74.5 Å². The smallest absolute Gasteiger partial charge is 0.223 e. The van der Waals surface area contributed by atoms with Gasteiger partial charge in [-0.3, -0.25) is 4.79 Å². The number of rotatable bonds is 7. The zero-order valence-corrected chi connectivity index (χ0v) is 20.6. The van der Waals surface area contributed by atoms with Crippen molar-refractivity contribution >= 4 is 17.7 Å². The molecule has 180 valence electrons. The number of hydrogen-bond acceptors (Lipinski definition) is 4. The van der Waals surface area contributed by atoms with E-state index >= 15 is 0 Å². The molecular weight excluding hydrogens is 436 g/mol. The maximum absolute atomic E-state index is 12.6. The molecule has 0 bridgehead atoms. The number of anilines is 1. The van der Waals surface area contributed by atoms with Crippen molar-refractivity contribution in [2.75, 3.05) is 18.1 Å². The summed E-state index contributed by atoms with van der Waals surface area (Å²) < 4.78 is 12.0. The largest absolute Gasteiger partial charge is 0.490 e. The van der Waals surface area contributed by atoms with Crippen LogP contribution >= 0.6 is 0 Å². The molecule has 5 heteroatoms. The summed E-state index contributed by atoms with van der Waals surface area (Å²) in [7, 11) is 0. The Morgan fingerprint density at radius 3 is 2.54 bits per heavy atom. The average molecular weight is 469 g/mol. The Morgan fingerprint density at radius 1 is 0.971 bits per heavy atom. The lowest BCUT2D eigenvalue weighted by atomic mass is 9.74. The molecule has 1 fully saturated rings. The first kappa shape index (κ1) is 23.0. The van der Waals surface area contributed by atoms with Crippen molar-refractivity contribution in [3.05, 3.63) is 95.6 Å². The zero-order chi connectivity index (χ0) is 24.5. The summed E-state index contributed by atoms with van der Waals surface area (Å²) in [6.07, 6.45) is 4.71. The van der Waals surface area contributed by atoms with Gasteiger partial charge in [0, 0.05) is 24.1 Å². The molecule has 2 heterocycles. The van der Waals surface area contributed by atoms with E-state index in [1.807, 2.05) is 55.5 Å². The highest BCUT2D eigenvalue weighted by molar-refractivity contribution is 5.84. The molecule has 0 aliphatic carbocycles. The quantitative estimate of drug-likeness (QED) is 0.484. The predicted molar refractivity (Wildman–Crippen MR) is 140 cm³/mol. The number of para-hydroxylation sites is 1. The molecule has 3 aromatic rings. The third kappa shape index (κ3) is 4.05. The maximum Gasteiger partial charge on any atom is 0.223 e. The summed E-state index contributed by atoms with van der Waals surface area (Å²) in [6.45, 7) is 8.09. The minimum absolute atomic E-state index is 0.0754. The molecule has 0 radical (unpaired) electrons. The summed E-state index contributed by atoms with van der Waals surface area (Å²) in [5.74, 6) is 1.50. The fourth-order valence-corrected chi connectivity index (χ4v) is 5.29. The highest BCUT2D eigenvalue weighted by atomic mass is 16.5. The Labute approximate surface area is 207 Å². The van der Waals surface area contributed by atoms with E-state index in [0.717, 1.165) is 11.1 Å². The molecule has 0 unspecified atom stereocenters. The first-order valence-corrected chi connectivity index (χ1v) is 12.3. The minimum Gasteiger partial charge on any atom is -0.490 e. The van der Waals surface area contributed by atoms with E-state index in [0.29, 0.717) is 37.7 Å². The topological polar surface area (TPSA) is 50.8 Å². The number of nitrogens with zero attached hydrogens (tertiary/aromatic N) is 1. The van der Waals surface area contributed by atoms with Crippen molar-refractivity contribution in [2.24, 2.45) is 0 Å². The van der Waals surface area contributed by atoms with E-state index in [2.05, 4.69) is 60.5 Å². The van der Waals surface area contributed by atoms with Crippen LogP contribution in [0.25, 0.3) is 6.08 Å². The Hall–Kier alpha value is -3.73. The van der Waals surface area contributed by atoms with Crippen LogP contribution in [0.4, 0.5) is 5.69 Å². The molecule has 2 aliphatic rings. The molecule has 1 saturated heterocycles. The highest BCUT2D eigenvalue weighted by Crippen LogP contribution is 2.52. The normalized spacial score (nSPS) is 20.3. The van der Waals surface area contributed by atoms with Gasteiger partial charge in [-0.15, -0.1) is 0 Å². The first-order valence-electron chi connectivity index (χ1n) is 12.3. The number of carbonyl (C=O) groups excluding carboxylic acids is 1. The second-order valence-electron chi connectivity index (χ2n) is 9.61. The Bertz CT molecular complexity index is 1250. The lowest BCUT2D eigenvalue weighted by Gasteiger charge is -2.49. The van der Waals surface area contributed by atoms with Gasteiger partial charge < -0.3 is 19.7 Å². The number of ether oxygens (including phenoxy) is 2. The van der Waals surface area contributed by atoms with Gasteiger partial charge in [0.05, 0.1) is 6.61 Å². The Morgan fingerprint density at radius 2 is 1.74 bits per heavy atom. The number of benzene rings is 3. The summed E-state index contributed by atoms with van der Waals surface area (Å²) >= 11 is 0. The van der Waals surface area contributed by atoms with E-state index in [1.54, 1.807) is 0 Å². The van der Waals surface area contributed by atoms with Crippen LogP contribution in [-0.2, 0) is 16.8 Å². The molecule has 1 N–H and O–H groups in total. The van der Waals surface area contributed by atoms with Crippen molar-refractivity contribution in [3.63, 3.8) is 0 Å². The lowest BCUT2D eigenvalue weighted by Crippen LogP contribution is -2.68. The summed E-state index contributed by atoms with van der Waals surface area (Å²) in [5.41, 5.74) is 3.57. The van der Waals surface area contributed by atoms with Gasteiger partial charge in [0.1, 0.15) is 12.3 Å². The molecule has 5 rings (SSSR count). The maximum atomic E-state index is 12.6. The van der Waals surface area contributed by atoms with Crippen LogP contribution in [0.2, 0.25) is 0 Å². The second kappa shape index (κ2) is 9.14. The van der Waals surface area contributed by atoms with Crippen LogP contribution in [-0.4, -0.2) is 24.7 Å². The molecular formula is C30H32N2O3. The molecule has 0 saturated carbocycles. The molecule has 35 heavy (non-hydrogen) atoms. The van der Waals surface area contributed by atoms with Crippen LogP contribution in [0.5, 0.6) is 11.5 Å². The molecule has 0 spiro atoms. The Balaban J connectivity index is 1.46. The van der Waals surface area contributed by atoms with Gasteiger partial charge in [-0.2, -0.15) is 0 Å². The van der Waals surface area contributed by atoms with Crippen molar-refractivity contribution < 1.29 is 14.3 Å². The third-order valence-corrected chi connectivity index (χ3v) is 7.16. The monoisotopic (exact) mass is 468 g/mol. The Kier molecular flexibility index (Phi) is 6.01. The molecule has 5 nitrogen and oxygen atoms in total. The van der Waals surface area contributed by atoms with Crippen molar-refractivity contribution in [3.8, 4) is 11.5 Å². The standard InChI is InChI=1S/C30H32N2O3/c1-4-34-27-20-22(14-15-26(27)35-21-23-10-6-5-7-11-23)16-18-30-29(2,3)24-12-8-9-13-25(24)32(30)19-17-28(33)31-30/h5-16,18,20H,4,17,19,21H2,1-3H3,(H,31,33)/b18-16+/t30-/m0/s1. The van der Waals surface area contributed by atoms with Crippen LogP contribution < -0.4 is 19.7 Å². The van der Waals surface area contributed by atoms with Gasteiger partial charge in [-0.05, 0) is 47.9 Å². The minimum atomic E-state index is -0.639. The molecule has 3 aromatic carbocycles. The number of amides is 1. The van der Waals surface area contributed by atoms with Gasteiger partial charge in [0.25, 0.3) is 0 Å². The summed E-state index contributed by atoms with van der Waals surface area (Å²) in [5, 5.41) is 3.33. The van der Waals surface area contributed by atoms with Gasteiger partial charge in [0.15, 0.2) is 11.5 Å². The number of carbonyl (C=O) groups is 1. The van der Waals surface area contributed by atoms with Crippen LogP contribution in [0.1, 0.15) is 43.9 Å². The van der Waals surface area contributed by atoms with Crippen LogP contribution in [0.3, 0.4) is 0 Å². The van der Waals surface area contributed by atoms with E-state index < -0.39 is 5.66 Å². The number of fused-ring (bicyclic) bond motifs is 3. The lowest BCUT2D eigenvalue weighted by molar-refractivity contribution is -0.124. The van der Waals surface area contributed by atoms with Crippen LogP contribution in [0, 0.1) is 0 Å². The van der Waals surface area contributed by atoms with Crippen molar-refractivity contribution in [2.45, 2.75) is 44.9 Å². The van der Waals surface area contributed by atoms with Crippen molar-refractivity contribution in [1.82, 2.24) is 5.32 Å².